The Bertz CT molecular complexity index is 261. The van der Waals surface area contributed by atoms with Crippen LogP contribution in [0.5, 0.6) is 0 Å². The third-order valence-electron chi connectivity index (χ3n) is 1.44. The number of carbonyl (C=O) groups excluding carboxylic acids is 2. The monoisotopic (exact) mass is 216 g/mol. The molecule has 5 heteroatoms. The molecular formula is C10H16O5. The molecule has 0 saturated carbocycles. The van der Waals surface area contributed by atoms with Gasteiger partial charge < -0.3 is 9.84 Å². The molecule has 0 rings (SSSR count). The second-order valence-corrected chi connectivity index (χ2v) is 4.17. The lowest BCUT2D eigenvalue weighted by molar-refractivity contribution is -0.155. The smallest absolute Gasteiger partial charge is 0.372 e. The van der Waals surface area contributed by atoms with E-state index in [9.17, 15) is 14.4 Å². The maximum atomic E-state index is 11.1. The zero-order chi connectivity index (χ0) is 12.1. The zero-order valence-electron chi connectivity index (χ0n) is 9.20. The summed E-state index contributed by atoms with van der Waals surface area (Å²) in [7, 11) is 0. The molecule has 86 valence electrons. The maximum absolute atomic E-state index is 11.1. The molecule has 0 bridgehead atoms. The molecule has 0 aromatic rings. The predicted octanol–water partition coefficient (Wildman–Crippen LogP) is 1.15. The Morgan fingerprint density at radius 3 is 2.07 bits per heavy atom. The number of carboxylic acids is 1. The molecule has 0 aliphatic rings. The van der Waals surface area contributed by atoms with Crippen molar-refractivity contribution >= 4 is 17.7 Å². The number of aliphatic carboxylic acids is 1. The van der Waals surface area contributed by atoms with Gasteiger partial charge in [-0.3, -0.25) is 9.59 Å². The highest BCUT2D eigenvalue weighted by molar-refractivity contribution is 6.32. The van der Waals surface area contributed by atoms with Crippen molar-refractivity contribution < 1.29 is 24.2 Å². The minimum absolute atomic E-state index is 0.0658. The lowest BCUT2D eigenvalue weighted by Gasteiger charge is -2.19. The van der Waals surface area contributed by atoms with Crippen molar-refractivity contribution in [2.45, 2.75) is 45.6 Å². The molecule has 0 aliphatic carbocycles. The summed E-state index contributed by atoms with van der Waals surface area (Å²) >= 11 is 0. The van der Waals surface area contributed by atoms with Gasteiger partial charge in [-0.2, -0.15) is 0 Å². The Kier molecular flexibility index (Phi) is 4.97. The van der Waals surface area contributed by atoms with E-state index in [1.54, 1.807) is 20.8 Å². The standard InChI is InChI=1S/C10H16O5/c1-10(2,3)15-8(12)6-4-5-7(11)9(13)14/h4-6H2,1-3H3,(H,13,14). The summed E-state index contributed by atoms with van der Waals surface area (Å²) in [5, 5.41) is 8.27. The number of carboxylic acid groups (broad SMARTS) is 1. The van der Waals surface area contributed by atoms with Crippen LogP contribution in [0.1, 0.15) is 40.0 Å². The van der Waals surface area contributed by atoms with Crippen LogP contribution in [0.15, 0.2) is 0 Å². The van der Waals surface area contributed by atoms with Crippen molar-refractivity contribution in [3.05, 3.63) is 0 Å². The minimum atomic E-state index is -1.46. The van der Waals surface area contributed by atoms with Crippen molar-refractivity contribution in [3.8, 4) is 0 Å². The molecule has 0 aromatic heterocycles. The third kappa shape index (κ3) is 7.66. The van der Waals surface area contributed by atoms with Crippen molar-refractivity contribution in [1.82, 2.24) is 0 Å². The fourth-order valence-electron chi connectivity index (χ4n) is 0.893. The molecule has 0 saturated heterocycles. The number of carbonyl (C=O) groups is 3. The van der Waals surface area contributed by atoms with Crippen molar-refractivity contribution in [2.75, 3.05) is 0 Å². The number of hydrogen-bond acceptors (Lipinski definition) is 4. The molecule has 0 atom stereocenters. The lowest BCUT2D eigenvalue weighted by Crippen LogP contribution is -2.24. The summed E-state index contributed by atoms with van der Waals surface area (Å²) in [6.07, 6.45) is 0.144. The molecule has 1 N–H and O–H groups in total. The number of ketones is 1. The van der Waals surface area contributed by atoms with Crippen LogP contribution >= 0.6 is 0 Å². The Morgan fingerprint density at radius 1 is 1.13 bits per heavy atom. The second-order valence-electron chi connectivity index (χ2n) is 4.17. The minimum Gasteiger partial charge on any atom is -0.476 e. The molecule has 0 aliphatic heterocycles. The quantitative estimate of drug-likeness (QED) is 0.550. The Hall–Kier alpha value is -1.39. The van der Waals surface area contributed by atoms with Gasteiger partial charge >= 0.3 is 11.9 Å². The van der Waals surface area contributed by atoms with Crippen molar-refractivity contribution in [2.24, 2.45) is 0 Å². The summed E-state index contributed by atoms with van der Waals surface area (Å²) in [6.45, 7) is 5.23. The van der Waals surface area contributed by atoms with E-state index in [1.165, 1.54) is 0 Å². The highest BCUT2D eigenvalue weighted by Crippen LogP contribution is 2.09. The van der Waals surface area contributed by atoms with Gasteiger partial charge in [0.2, 0.25) is 5.78 Å². The SMILES string of the molecule is CC(C)(C)OC(=O)CCCC(=O)C(=O)O. The topological polar surface area (TPSA) is 80.7 Å². The van der Waals surface area contributed by atoms with Crippen LogP contribution in [-0.4, -0.2) is 28.4 Å². The summed E-state index contributed by atoms with van der Waals surface area (Å²) in [6, 6.07) is 0. The molecular weight excluding hydrogens is 200 g/mol. The first-order valence-electron chi connectivity index (χ1n) is 4.70. The maximum Gasteiger partial charge on any atom is 0.372 e. The van der Waals surface area contributed by atoms with Crippen LogP contribution < -0.4 is 0 Å². The van der Waals surface area contributed by atoms with Crippen LogP contribution in [0.2, 0.25) is 0 Å². The first kappa shape index (κ1) is 13.6. The van der Waals surface area contributed by atoms with E-state index < -0.39 is 23.3 Å². The van der Waals surface area contributed by atoms with E-state index in [1.807, 2.05) is 0 Å². The second kappa shape index (κ2) is 5.48. The number of rotatable bonds is 5. The van der Waals surface area contributed by atoms with Gasteiger partial charge in [-0.25, -0.2) is 4.79 Å². The molecule has 0 radical (unpaired) electrons. The number of esters is 1. The Balaban J connectivity index is 3.74. The van der Waals surface area contributed by atoms with Crippen LogP contribution in [0, 0.1) is 0 Å². The largest absolute Gasteiger partial charge is 0.476 e. The number of Topliss-reactive ketones (excluding diaryl/α,β-unsaturated/α-hetero) is 1. The summed E-state index contributed by atoms with van der Waals surface area (Å²) in [5.41, 5.74) is -0.548. The average molecular weight is 216 g/mol. The molecule has 15 heavy (non-hydrogen) atoms. The first-order valence-corrected chi connectivity index (χ1v) is 4.70. The average Bonchev–Trinajstić information content (AvgIpc) is 2.00. The van der Waals surface area contributed by atoms with Gasteiger partial charge in [0, 0.05) is 12.8 Å². The van der Waals surface area contributed by atoms with Gasteiger partial charge in [-0.1, -0.05) is 0 Å². The van der Waals surface area contributed by atoms with Crippen molar-refractivity contribution in [1.29, 1.82) is 0 Å². The molecule has 0 amide bonds. The molecule has 0 aromatic carbocycles. The van der Waals surface area contributed by atoms with Gasteiger partial charge in [-0.05, 0) is 27.2 Å². The Labute approximate surface area is 88.4 Å². The molecule has 0 spiro atoms. The third-order valence-corrected chi connectivity index (χ3v) is 1.44. The number of hydrogen-bond donors (Lipinski definition) is 1. The fraction of sp³-hybridized carbons (Fsp3) is 0.700. The van der Waals surface area contributed by atoms with Gasteiger partial charge in [0.1, 0.15) is 5.60 Å². The van der Waals surface area contributed by atoms with E-state index in [2.05, 4.69) is 0 Å². The Morgan fingerprint density at radius 2 is 1.67 bits per heavy atom. The van der Waals surface area contributed by atoms with Crippen LogP contribution in [-0.2, 0) is 19.1 Å². The van der Waals surface area contributed by atoms with E-state index in [0.29, 0.717) is 0 Å². The van der Waals surface area contributed by atoms with Crippen molar-refractivity contribution in [3.63, 3.8) is 0 Å². The van der Waals surface area contributed by atoms with Crippen LogP contribution in [0.3, 0.4) is 0 Å². The highest BCUT2D eigenvalue weighted by Gasteiger charge is 2.17. The van der Waals surface area contributed by atoms with E-state index in [-0.39, 0.29) is 19.3 Å². The van der Waals surface area contributed by atoms with E-state index in [0.717, 1.165) is 0 Å². The summed E-state index contributed by atoms with van der Waals surface area (Å²) < 4.78 is 4.98. The van der Waals surface area contributed by atoms with Gasteiger partial charge in [0.15, 0.2) is 0 Å². The zero-order valence-corrected chi connectivity index (χ0v) is 9.20. The van der Waals surface area contributed by atoms with Crippen LogP contribution in [0.25, 0.3) is 0 Å². The predicted molar refractivity (Wildman–Crippen MR) is 52.3 cm³/mol. The lowest BCUT2D eigenvalue weighted by atomic mass is 10.1. The first-order chi connectivity index (χ1) is 6.72. The summed E-state index contributed by atoms with van der Waals surface area (Å²) in [4.78, 5) is 31.9. The van der Waals surface area contributed by atoms with Gasteiger partial charge in [-0.15, -0.1) is 0 Å². The molecule has 0 heterocycles. The van der Waals surface area contributed by atoms with Gasteiger partial charge in [0.05, 0.1) is 0 Å². The summed E-state index contributed by atoms with van der Waals surface area (Å²) in [5.74, 6) is -2.75. The molecule has 0 fully saturated rings. The number of ether oxygens (including phenoxy) is 1. The van der Waals surface area contributed by atoms with E-state index >= 15 is 0 Å². The molecule has 5 nitrogen and oxygen atoms in total. The normalized spacial score (nSPS) is 10.9. The van der Waals surface area contributed by atoms with Gasteiger partial charge in [0.25, 0.3) is 0 Å². The van der Waals surface area contributed by atoms with Crippen LogP contribution in [0.4, 0.5) is 0 Å². The molecule has 0 unspecified atom stereocenters. The highest BCUT2D eigenvalue weighted by atomic mass is 16.6. The fourth-order valence-corrected chi connectivity index (χ4v) is 0.893. The van der Waals surface area contributed by atoms with E-state index in [4.69, 9.17) is 9.84 Å².